The Bertz CT molecular complexity index is 825. The van der Waals surface area contributed by atoms with Crippen LogP contribution in [0.25, 0.3) is 0 Å². The second-order valence-corrected chi connectivity index (χ2v) is 6.31. The summed E-state index contributed by atoms with van der Waals surface area (Å²) < 4.78 is 1.85. The third-order valence-electron chi connectivity index (χ3n) is 3.45. The summed E-state index contributed by atoms with van der Waals surface area (Å²) in [6.07, 6.45) is 1.91. The lowest BCUT2D eigenvalue weighted by Gasteiger charge is -2.08. The maximum atomic E-state index is 5.90. The van der Waals surface area contributed by atoms with Crippen LogP contribution < -0.4 is 10.6 Å². The highest BCUT2D eigenvalue weighted by Crippen LogP contribution is 2.12. The molecule has 4 nitrogen and oxygen atoms in total. The van der Waals surface area contributed by atoms with Crippen LogP contribution in [-0.4, -0.2) is 14.9 Å². The fourth-order valence-electron chi connectivity index (χ4n) is 2.21. The van der Waals surface area contributed by atoms with Gasteiger partial charge in [0.25, 0.3) is 0 Å². The first kappa shape index (κ1) is 16.5. The van der Waals surface area contributed by atoms with Crippen LogP contribution in [0.2, 0.25) is 5.02 Å². The Balaban J connectivity index is 1.58. The molecule has 0 fully saturated rings. The zero-order chi connectivity index (χ0) is 16.9. The Labute approximate surface area is 151 Å². The lowest BCUT2D eigenvalue weighted by molar-refractivity contribution is 0.690. The van der Waals surface area contributed by atoms with E-state index in [9.17, 15) is 0 Å². The molecule has 122 valence electrons. The summed E-state index contributed by atoms with van der Waals surface area (Å²) in [5.74, 6) is 0.702. The summed E-state index contributed by atoms with van der Waals surface area (Å²) in [5, 5.41) is 11.9. The van der Waals surface area contributed by atoms with Crippen molar-refractivity contribution in [3.05, 3.63) is 76.9 Å². The maximum Gasteiger partial charge on any atom is 0.176 e. The van der Waals surface area contributed by atoms with E-state index in [4.69, 9.17) is 23.8 Å². The molecule has 3 aromatic rings. The Morgan fingerprint density at radius 2 is 1.75 bits per heavy atom. The molecule has 0 aliphatic heterocycles. The van der Waals surface area contributed by atoms with Crippen molar-refractivity contribution >= 4 is 40.4 Å². The lowest BCUT2D eigenvalue weighted by Crippen LogP contribution is -2.19. The summed E-state index contributed by atoms with van der Waals surface area (Å²) in [6, 6.07) is 17.7. The van der Waals surface area contributed by atoms with Crippen molar-refractivity contribution in [2.24, 2.45) is 0 Å². The molecule has 0 unspecified atom stereocenters. The molecule has 0 bridgehead atoms. The van der Waals surface area contributed by atoms with E-state index in [1.165, 1.54) is 5.56 Å². The standard InChI is InChI=1S/C18H17ClN4S/c1-13-2-8-16(9-3-13)20-18(24)21-17-10-11-23(22-17)12-14-4-6-15(19)7-5-14/h2-11H,12H2,1H3,(H2,20,21,22,24). The second kappa shape index (κ2) is 7.47. The van der Waals surface area contributed by atoms with Gasteiger partial charge in [-0.1, -0.05) is 41.4 Å². The fourth-order valence-corrected chi connectivity index (χ4v) is 2.56. The summed E-state index contributed by atoms with van der Waals surface area (Å²) in [7, 11) is 0. The van der Waals surface area contributed by atoms with Gasteiger partial charge in [-0.25, -0.2) is 0 Å². The number of hydrogen-bond acceptors (Lipinski definition) is 2. The molecule has 3 rings (SSSR count). The number of benzene rings is 2. The minimum atomic E-state index is 0.510. The average Bonchev–Trinajstić information content (AvgIpc) is 2.99. The molecule has 24 heavy (non-hydrogen) atoms. The molecule has 6 heteroatoms. The second-order valence-electron chi connectivity index (χ2n) is 5.47. The fraction of sp³-hybridized carbons (Fsp3) is 0.111. The number of rotatable bonds is 4. The summed E-state index contributed by atoms with van der Waals surface area (Å²) >= 11 is 11.2. The number of nitrogens with one attached hydrogen (secondary N) is 2. The Morgan fingerprint density at radius 3 is 2.46 bits per heavy atom. The van der Waals surface area contributed by atoms with Gasteiger partial charge in [-0.15, -0.1) is 0 Å². The van der Waals surface area contributed by atoms with Crippen molar-refractivity contribution < 1.29 is 0 Å². The van der Waals surface area contributed by atoms with Crippen molar-refractivity contribution in [2.75, 3.05) is 10.6 Å². The summed E-state index contributed by atoms with van der Waals surface area (Å²) in [4.78, 5) is 0. The van der Waals surface area contributed by atoms with Gasteiger partial charge >= 0.3 is 0 Å². The Morgan fingerprint density at radius 1 is 1.04 bits per heavy atom. The molecule has 0 aliphatic carbocycles. The predicted molar refractivity (Wildman–Crippen MR) is 104 cm³/mol. The quantitative estimate of drug-likeness (QED) is 0.665. The number of nitrogens with zero attached hydrogens (tertiary/aromatic N) is 2. The van der Waals surface area contributed by atoms with E-state index in [1.807, 2.05) is 72.4 Å². The molecule has 2 N–H and O–H groups in total. The SMILES string of the molecule is Cc1ccc(NC(=S)Nc2ccn(Cc3ccc(Cl)cc3)n2)cc1. The summed E-state index contributed by atoms with van der Waals surface area (Å²) in [5.41, 5.74) is 3.29. The maximum absolute atomic E-state index is 5.90. The smallest absolute Gasteiger partial charge is 0.176 e. The molecule has 0 saturated heterocycles. The van der Waals surface area contributed by atoms with Gasteiger partial charge in [0.15, 0.2) is 10.9 Å². The van der Waals surface area contributed by atoms with E-state index in [-0.39, 0.29) is 0 Å². The summed E-state index contributed by atoms with van der Waals surface area (Å²) in [6.45, 7) is 2.73. The topological polar surface area (TPSA) is 41.9 Å². The Hall–Kier alpha value is -2.37. The molecule has 1 heterocycles. The van der Waals surface area contributed by atoms with Gasteiger partial charge in [-0.2, -0.15) is 5.10 Å². The number of halogens is 1. The van der Waals surface area contributed by atoms with Crippen LogP contribution in [0.15, 0.2) is 60.8 Å². The van der Waals surface area contributed by atoms with Gasteiger partial charge in [-0.3, -0.25) is 4.68 Å². The molecule has 0 aliphatic rings. The van der Waals surface area contributed by atoms with Crippen molar-refractivity contribution in [1.82, 2.24) is 9.78 Å². The number of aromatic nitrogens is 2. The minimum absolute atomic E-state index is 0.510. The highest BCUT2D eigenvalue weighted by molar-refractivity contribution is 7.80. The van der Waals surface area contributed by atoms with E-state index in [2.05, 4.69) is 15.7 Å². The number of thiocarbonyl (C=S) groups is 1. The number of hydrogen-bond donors (Lipinski definition) is 2. The Kier molecular flexibility index (Phi) is 5.13. The van der Waals surface area contributed by atoms with Crippen LogP contribution in [0, 0.1) is 6.92 Å². The first-order chi connectivity index (χ1) is 11.6. The normalized spacial score (nSPS) is 10.4. The van der Waals surface area contributed by atoms with E-state index in [1.54, 1.807) is 0 Å². The molecule has 0 radical (unpaired) electrons. The van der Waals surface area contributed by atoms with Crippen molar-refractivity contribution in [1.29, 1.82) is 0 Å². The first-order valence-electron chi connectivity index (χ1n) is 7.51. The van der Waals surface area contributed by atoms with Crippen LogP contribution >= 0.6 is 23.8 Å². The average molecular weight is 357 g/mol. The first-order valence-corrected chi connectivity index (χ1v) is 8.30. The van der Waals surface area contributed by atoms with Crippen molar-refractivity contribution in [3.63, 3.8) is 0 Å². The van der Waals surface area contributed by atoms with Crippen molar-refractivity contribution in [3.8, 4) is 0 Å². The van der Waals surface area contributed by atoms with Crippen LogP contribution in [0.5, 0.6) is 0 Å². The third kappa shape index (κ3) is 4.57. The van der Waals surface area contributed by atoms with Gasteiger partial charge in [0.1, 0.15) is 0 Å². The van der Waals surface area contributed by atoms with Gasteiger partial charge in [0.2, 0.25) is 0 Å². The van der Waals surface area contributed by atoms with E-state index >= 15 is 0 Å². The monoisotopic (exact) mass is 356 g/mol. The molecule has 0 amide bonds. The largest absolute Gasteiger partial charge is 0.332 e. The predicted octanol–water partition coefficient (Wildman–Crippen LogP) is 4.70. The lowest BCUT2D eigenvalue weighted by atomic mass is 10.2. The molecular weight excluding hydrogens is 340 g/mol. The van der Waals surface area contributed by atoms with Crippen LogP contribution in [0.4, 0.5) is 11.5 Å². The zero-order valence-corrected chi connectivity index (χ0v) is 14.7. The molecular formula is C18H17ClN4S. The van der Waals surface area contributed by atoms with Gasteiger partial charge < -0.3 is 10.6 Å². The van der Waals surface area contributed by atoms with Gasteiger partial charge in [0, 0.05) is 23.0 Å². The van der Waals surface area contributed by atoms with E-state index in [0.717, 1.165) is 16.3 Å². The highest BCUT2D eigenvalue weighted by Gasteiger charge is 2.03. The van der Waals surface area contributed by atoms with Crippen LogP contribution in [-0.2, 0) is 6.54 Å². The molecule has 0 saturated carbocycles. The zero-order valence-electron chi connectivity index (χ0n) is 13.2. The highest BCUT2D eigenvalue weighted by atomic mass is 35.5. The van der Waals surface area contributed by atoms with E-state index < -0.39 is 0 Å². The molecule has 0 spiro atoms. The molecule has 1 aromatic heterocycles. The van der Waals surface area contributed by atoms with Gasteiger partial charge in [0.05, 0.1) is 6.54 Å². The van der Waals surface area contributed by atoms with Crippen molar-refractivity contribution in [2.45, 2.75) is 13.5 Å². The third-order valence-corrected chi connectivity index (χ3v) is 3.91. The minimum Gasteiger partial charge on any atom is -0.332 e. The van der Waals surface area contributed by atoms with Crippen LogP contribution in [0.1, 0.15) is 11.1 Å². The van der Waals surface area contributed by atoms with E-state index in [0.29, 0.717) is 17.5 Å². The number of aryl methyl sites for hydroxylation is 1. The molecule has 2 aromatic carbocycles. The van der Waals surface area contributed by atoms with Crippen LogP contribution in [0.3, 0.4) is 0 Å². The molecule has 0 atom stereocenters. The van der Waals surface area contributed by atoms with Gasteiger partial charge in [-0.05, 0) is 49.0 Å². The number of anilines is 2.